The van der Waals surface area contributed by atoms with Crippen LogP contribution in [0.5, 0.6) is 23.0 Å². The Balaban J connectivity index is 0.00000271. The highest BCUT2D eigenvalue weighted by molar-refractivity contribution is 6.30. The number of carbonyl (C=O) groups excluding carboxylic acids is 2. The molecule has 0 radical (unpaired) electrons. The van der Waals surface area contributed by atoms with Crippen molar-refractivity contribution >= 4 is 48.3 Å². The number of hydrogen-bond acceptors (Lipinski definition) is 8. The number of fused-ring (bicyclic) bond motifs is 2. The molecule has 0 saturated carbocycles. The van der Waals surface area contributed by atoms with Crippen molar-refractivity contribution in [1.29, 1.82) is 0 Å². The number of halogens is 3. The number of carbonyl (C=O) groups is 2. The largest absolute Gasteiger partial charge is 0.485 e. The van der Waals surface area contributed by atoms with Crippen LogP contribution >= 0.6 is 36.4 Å². The van der Waals surface area contributed by atoms with Crippen LogP contribution in [0.4, 0.5) is 0 Å². The predicted octanol–water partition coefficient (Wildman–Crippen LogP) is 8.08. The van der Waals surface area contributed by atoms with E-state index in [9.17, 15) is 9.59 Å². The quantitative estimate of drug-likeness (QED) is 0.145. The highest BCUT2D eigenvalue weighted by atomic mass is 35.5. The summed E-state index contributed by atoms with van der Waals surface area (Å²) in [5.41, 5.74) is 8.16. The van der Waals surface area contributed by atoms with Crippen LogP contribution in [0, 0.1) is 13.8 Å². The number of hydrogen-bond donors (Lipinski definition) is 2. The first-order valence-electron chi connectivity index (χ1n) is 16.9. The van der Waals surface area contributed by atoms with E-state index >= 15 is 0 Å². The third-order valence-corrected chi connectivity index (χ3v) is 9.69. The highest BCUT2D eigenvalue weighted by Crippen LogP contribution is 2.40. The second-order valence-electron chi connectivity index (χ2n) is 12.8. The molecule has 1 aromatic heterocycles. The number of rotatable bonds is 9. The van der Waals surface area contributed by atoms with Gasteiger partial charge >= 0.3 is 5.97 Å². The van der Waals surface area contributed by atoms with Gasteiger partial charge in [-0.1, -0.05) is 54.1 Å². The molecule has 0 unspecified atom stereocenters. The number of methoxy groups -OCH3 is 1. The lowest BCUT2D eigenvalue weighted by Gasteiger charge is -2.31. The van der Waals surface area contributed by atoms with E-state index in [0.717, 1.165) is 44.6 Å². The number of amides is 1. The molecule has 5 aromatic rings. The van der Waals surface area contributed by atoms with Crippen LogP contribution < -0.4 is 24.8 Å². The number of aromatic nitrogens is 1. The number of nitrogens with one attached hydrogen (secondary N) is 2. The highest BCUT2D eigenvalue weighted by Gasteiger charge is 2.31. The maximum atomic E-state index is 13.5. The van der Waals surface area contributed by atoms with E-state index < -0.39 is 18.1 Å². The predicted molar refractivity (Wildman–Crippen MR) is 209 cm³/mol. The van der Waals surface area contributed by atoms with Gasteiger partial charge in [0.25, 0.3) is 0 Å². The lowest BCUT2D eigenvalue weighted by molar-refractivity contribution is -0.145. The van der Waals surface area contributed by atoms with E-state index in [1.807, 2.05) is 85.8 Å². The Labute approximate surface area is 326 Å². The van der Waals surface area contributed by atoms with Gasteiger partial charge in [0, 0.05) is 29.9 Å². The fourth-order valence-electron chi connectivity index (χ4n) is 6.47. The molecule has 53 heavy (non-hydrogen) atoms. The summed E-state index contributed by atoms with van der Waals surface area (Å²) in [4.78, 5) is 30.7. The van der Waals surface area contributed by atoms with Gasteiger partial charge in [-0.25, -0.2) is 4.79 Å². The number of benzene rings is 4. The summed E-state index contributed by atoms with van der Waals surface area (Å²) in [6.45, 7) is 4.85. The molecule has 276 valence electrons. The SMILES string of the molecule is COC(=O)[C@H](Cc1ccc(-c2ccnc(C)c2C)cc1)NC(=O)[C@@H]1Cc2cc3c(cc2CN1)O[C@@H](c1ccc(Oc2cccc(Cl)c2)cc1)CO3.Cl.Cl. The van der Waals surface area contributed by atoms with E-state index in [4.69, 9.17) is 30.5 Å². The minimum absolute atomic E-state index is 0. The Kier molecular flexibility index (Phi) is 12.9. The van der Waals surface area contributed by atoms with Gasteiger partial charge in [0.15, 0.2) is 17.6 Å². The van der Waals surface area contributed by atoms with Gasteiger partial charge in [0.2, 0.25) is 5.91 Å². The van der Waals surface area contributed by atoms with E-state index in [-0.39, 0.29) is 36.8 Å². The molecule has 2 aliphatic rings. The Bertz CT molecular complexity index is 2080. The van der Waals surface area contributed by atoms with Crippen LogP contribution in [0.3, 0.4) is 0 Å². The molecular formula is C41H40Cl3N3O6. The molecular weight excluding hydrogens is 737 g/mol. The summed E-state index contributed by atoms with van der Waals surface area (Å²) < 4.78 is 23.5. The third kappa shape index (κ3) is 9.05. The van der Waals surface area contributed by atoms with Crippen molar-refractivity contribution < 1.29 is 28.5 Å². The summed E-state index contributed by atoms with van der Waals surface area (Å²) in [5.74, 6) is 1.88. The molecule has 3 heterocycles. The normalized spacial score (nSPS) is 16.2. The summed E-state index contributed by atoms with van der Waals surface area (Å²) in [6.07, 6.45) is 2.25. The summed E-state index contributed by atoms with van der Waals surface area (Å²) in [5, 5.41) is 6.87. The van der Waals surface area contributed by atoms with Crippen molar-refractivity contribution in [1.82, 2.24) is 15.6 Å². The van der Waals surface area contributed by atoms with Gasteiger partial charge in [-0.2, -0.15) is 0 Å². The van der Waals surface area contributed by atoms with Gasteiger partial charge in [0.1, 0.15) is 24.1 Å². The van der Waals surface area contributed by atoms with Crippen molar-refractivity contribution in [3.8, 4) is 34.1 Å². The summed E-state index contributed by atoms with van der Waals surface area (Å²) >= 11 is 6.08. The molecule has 2 N–H and O–H groups in total. The zero-order chi connectivity index (χ0) is 35.5. The van der Waals surface area contributed by atoms with Crippen molar-refractivity contribution in [2.75, 3.05) is 13.7 Å². The van der Waals surface area contributed by atoms with Crippen LogP contribution in [0.15, 0.2) is 97.2 Å². The van der Waals surface area contributed by atoms with Crippen molar-refractivity contribution in [3.63, 3.8) is 0 Å². The molecule has 0 saturated heterocycles. The molecule has 0 fully saturated rings. The number of pyridine rings is 1. The summed E-state index contributed by atoms with van der Waals surface area (Å²) in [7, 11) is 1.33. The second-order valence-corrected chi connectivity index (χ2v) is 13.2. The van der Waals surface area contributed by atoms with Gasteiger partial charge in [-0.05, 0) is 108 Å². The molecule has 0 spiro atoms. The Morgan fingerprint density at radius 3 is 2.43 bits per heavy atom. The molecule has 9 nitrogen and oxygen atoms in total. The lowest BCUT2D eigenvalue weighted by Crippen LogP contribution is -2.53. The minimum atomic E-state index is -0.837. The molecule has 12 heteroatoms. The maximum Gasteiger partial charge on any atom is 0.328 e. The average molecular weight is 777 g/mol. The zero-order valence-electron chi connectivity index (χ0n) is 29.4. The Hall–Kier alpha value is -4.80. The molecule has 0 aliphatic carbocycles. The number of aryl methyl sites for hydroxylation is 1. The van der Waals surface area contributed by atoms with Crippen LogP contribution in [0.25, 0.3) is 11.1 Å². The van der Waals surface area contributed by atoms with Crippen LogP contribution in [0.1, 0.15) is 39.6 Å². The van der Waals surface area contributed by atoms with E-state index in [0.29, 0.717) is 54.0 Å². The van der Waals surface area contributed by atoms with Crippen molar-refractivity contribution in [2.45, 2.75) is 51.4 Å². The van der Waals surface area contributed by atoms with Gasteiger partial charge in [-0.15, -0.1) is 24.8 Å². The fraction of sp³-hybridized carbons (Fsp3) is 0.244. The van der Waals surface area contributed by atoms with Crippen molar-refractivity contribution in [3.05, 3.63) is 136 Å². The van der Waals surface area contributed by atoms with Crippen LogP contribution in [-0.2, 0) is 33.7 Å². The van der Waals surface area contributed by atoms with E-state index in [1.165, 1.54) is 7.11 Å². The lowest BCUT2D eigenvalue weighted by atomic mass is 9.94. The number of nitrogens with zero attached hydrogens (tertiary/aromatic N) is 1. The van der Waals surface area contributed by atoms with Crippen LogP contribution in [0.2, 0.25) is 5.02 Å². The molecule has 3 atom stereocenters. The van der Waals surface area contributed by atoms with E-state index in [2.05, 4.69) is 22.5 Å². The standard InChI is InChI=1S/C41H38ClN3O6.2ClH/c1-24-25(2)43-16-15-34(24)27-9-7-26(8-10-27)17-36(41(47)48-3)45-40(46)35-18-29-19-37-38(20-30(29)22-44-35)51-39(23-49-37)28-11-13-32(14-12-28)50-33-6-4-5-31(42)21-33;;/h4-16,19-21,35-36,39,44H,17-18,22-23H2,1-3H3,(H,45,46);2*1H/t35-,36-,39+;;/m0../s1. The Morgan fingerprint density at radius 2 is 1.70 bits per heavy atom. The monoisotopic (exact) mass is 775 g/mol. The minimum Gasteiger partial charge on any atom is -0.485 e. The number of esters is 1. The molecule has 7 rings (SSSR count). The first-order valence-corrected chi connectivity index (χ1v) is 17.2. The van der Waals surface area contributed by atoms with Gasteiger partial charge in [0.05, 0.1) is 13.2 Å². The smallest absolute Gasteiger partial charge is 0.328 e. The van der Waals surface area contributed by atoms with E-state index in [1.54, 1.807) is 18.3 Å². The maximum absolute atomic E-state index is 13.5. The van der Waals surface area contributed by atoms with Gasteiger partial charge < -0.3 is 29.6 Å². The van der Waals surface area contributed by atoms with Gasteiger partial charge in [-0.3, -0.25) is 9.78 Å². The number of ether oxygens (including phenoxy) is 4. The molecule has 4 aromatic carbocycles. The first-order chi connectivity index (χ1) is 24.7. The average Bonchev–Trinajstić information content (AvgIpc) is 3.14. The second kappa shape index (κ2) is 17.4. The van der Waals surface area contributed by atoms with Crippen molar-refractivity contribution in [2.24, 2.45) is 0 Å². The first kappa shape index (κ1) is 39.4. The molecule has 2 aliphatic heterocycles. The molecule has 1 amide bonds. The topological polar surface area (TPSA) is 108 Å². The summed E-state index contributed by atoms with van der Waals surface area (Å²) in [6, 6.07) is 27.5. The van der Waals surface area contributed by atoms with Crippen LogP contribution in [-0.4, -0.2) is 42.7 Å². The Morgan fingerprint density at radius 1 is 0.943 bits per heavy atom. The fourth-order valence-corrected chi connectivity index (χ4v) is 6.65. The third-order valence-electron chi connectivity index (χ3n) is 9.45. The zero-order valence-corrected chi connectivity index (χ0v) is 31.8. The molecule has 0 bridgehead atoms.